The zero-order valence-electron chi connectivity index (χ0n) is 22.9. The van der Waals surface area contributed by atoms with Crippen LogP contribution < -0.4 is 19.1 Å². The summed E-state index contributed by atoms with van der Waals surface area (Å²) in [6.45, 7) is 6.60. The Labute approximate surface area is 239 Å². The van der Waals surface area contributed by atoms with Crippen LogP contribution in [0.2, 0.25) is 0 Å². The van der Waals surface area contributed by atoms with E-state index in [0.29, 0.717) is 5.56 Å². The number of amides is 1. The molecule has 0 aliphatic carbocycles. The van der Waals surface area contributed by atoms with Gasteiger partial charge in [-0.3, -0.25) is 14.5 Å². The molecule has 41 heavy (non-hydrogen) atoms. The lowest BCUT2D eigenvalue weighted by Crippen LogP contribution is -2.29. The summed E-state index contributed by atoms with van der Waals surface area (Å²) in [5, 5.41) is 11.3. The molecule has 1 aliphatic heterocycles. The second-order valence-corrected chi connectivity index (χ2v) is 9.87. The first-order valence-electron chi connectivity index (χ1n) is 12.2. The Balaban J connectivity index is 1.99. The predicted molar refractivity (Wildman–Crippen MR) is 149 cm³/mol. The summed E-state index contributed by atoms with van der Waals surface area (Å²) < 4.78 is 35.9. The maximum absolute atomic E-state index is 14.5. The molecule has 1 aliphatic rings. The molecule has 0 spiro atoms. The van der Waals surface area contributed by atoms with E-state index in [1.165, 1.54) is 51.7 Å². The molecule has 2 aromatic carbocycles. The summed E-state index contributed by atoms with van der Waals surface area (Å²) in [6, 6.07) is 5.73. The topological polar surface area (TPSA) is 124 Å². The number of hydrogen-bond acceptors (Lipinski definition) is 10. The van der Waals surface area contributed by atoms with Crippen LogP contribution in [0.1, 0.15) is 38.1 Å². The van der Waals surface area contributed by atoms with Crippen LogP contribution in [0.5, 0.6) is 17.2 Å². The Morgan fingerprint density at radius 1 is 1.12 bits per heavy atom. The number of benzene rings is 2. The first-order chi connectivity index (χ1) is 19.6. The molecule has 10 nitrogen and oxygen atoms in total. The third-order valence-corrected chi connectivity index (χ3v) is 7.54. The zero-order valence-corrected chi connectivity index (χ0v) is 23.8. The van der Waals surface area contributed by atoms with E-state index in [1.54, 1.807) is 13.8 Å². The van der Waals surface area contributed by atoms with Gasteiger partial charge in [0.05, 0.1) is 38.6 Å². The monoisotopic (exact) mass is 582 g/mol. The fourth-order valence-corrected chi connectivity index (χ4v) is 5.36. The largest absolute Gasteiger partial charge is 0.507 e. The van der Waals surface area contributed by atoms with E-state index < -0.39 is 35.3 Å². The Hall–Kier alpha value is -4.71. The number of Topliss-reactive ketones (excluding diaryl/α,β-unsaturated/α-hetero) is 1. The first-order valence-corrected chi connectivity index (χ1v) is 13.0. The minimum Gasteiger partial charge on any atom is -0.507 e. The average Bonchev–Trinajstić information content (AvgIpc) is 3.47. The molecular weight excluding hydrogens is 555 g/mol. The Morgan fingerprint density at radius 3 is 2.34 bits per heavy atom. The highest BCUT2D eigenvalue weighted by molar-refractivity contribution is 7.17. The lowest BCUT2D eigenvalue weighted by Gasteiger charge is -2.24. The van der Waals surface area contributed by atoms with Gasteiger partial charge in [0, 0.05) is 5.56 Å². The number of halogens is 1. The van der Waals surface area contributed by atoms with Gasteiger partial charge in [-0.05, 0) is 43.2 Å². The second kappa shape index (κ2) is 11.8. The van der Waals surface area contributed by atoms with Gasteiger partial charge in [-0.25, -0.2) is 14.2 Å². The van der Waals surface area contributed by atoms with Crippen molar-refractivity contribution < 1.29 is 42.8 Å². The highest BCUT2D eigenvalue weighted by Crippen LogP contribution is 2.48. The quantitative estimate of drug-likeness (QED) is 0.123. The molecular formula is C29H27FN2O8S. The van der Waals surface area contributed by atoms with Gasteiger partial charge in [0.15, 0.2) is 16.6 Å². The van der Waals surface area contributed by atoms with Crippen molar-refractivity contribution in [3.63, 3.8) is 0 Å². The van der Waals surface area contributed by atoms with Crippen LogP contribution in [0.4, 0.5) is 9.52 Å². The van der Waals surface area contributed by atoms with E-state index in [0.717, 1.165) is 22.3 Å². The van der Waals surface area contributed by atoms with E-state index in [4.69, 9.17) is 18.9 Å². The third-order valence-electron chi connectivity index (χ3n) is 6.40. The minimum atomic E-state index is -1.27. The molecule has 1 aromatic heterocycles. The Kier molecular flexibility index (Phi) is 8.43. The molecule has 12 heteroatoms. The highest BCUT2D eigenvalue weighted by atomic mass is 32.1. The minimum absolute atomic E-state index is 0.00282. The van der Waals surface area contributed by atoms with Gasteiger partial charge in [-0.2, -0.15) is 0 Å². The van der Waals surface area contributed by atoms with Crippen molar-refractivity contribution in [1.82, 2.24) is 4.98 Å². The Morgan fingerprint density at radius 2 is 1.78 bits per heavy atom. The van der Waals surface area contributed by atoms with Gasteiger partial charge < -0.3 is 24.1 Å². The van der Waals surface area contributed by atoms with E-state index >= 15 is 0 Å². The highest BCUT2D eigenvalue weighted by Gasteiger charge is 2.49. The number of ether oxygens (including phenoxy) is 4. The van der Waals surface area contributed by atoms with Crippen molar-refractivity contribution in [2.45, 2.75) is 19.9 Å². The lowest BCUT2D eigenvalue weighted by atomic mass is 9.94. The summed E-state index contributed by atoms with van der Waals surface area (Å²) in [4.78, 5) is 45.3. The van der Waals surface area contributed by atoms with Crippen molar-refractivity contribution in [1.29, 1.82) is 0 Å². The van der Waals surface area contributed by atoms with Crippen LogP contribution >= 0.6 is 11.3 Å². The summed E-state index contributed by atoms with van der Waals surface area (Å²) in [7, 11) is 4.22. The molecule has 1 N–H and O–H groups in total. The number of carbonyl (C=O) groups excluding carboxylic acids is 3. The molecule has 1 fully saturated rings. The average molecular weight is 583 g/mol. The number of aryl methyl sites for hydroxylation is 2. The van der Waals surface area contributed by atoms with Crippen molar-refractivity contribution in [3.8, 4) is 17.2 Å². The molecule has 0 radical (unpaired) electrons. The molecule has 0 unspecified atom stereocenters. The fourth-order valence-electron chi connectivity index (χ4n) is 4.37. The van der Waals surface area contributed by atoms with Gasteiger partial charge in [0.25, 0.3) is 5.78 Å². The number of esters is 1. The van der Waals surface area contributed by atoms with Crippen LogP contribution in [0.3, 0.4) is 0 Å². The number of hydrogen-bond donors (Lipinski definition) is 1. The first kappa shape index (κ1) is 29.3. The van der Waals surface area contributed by atoms with Crippen LogP contribution in [-0.4, -0.2) is 55.7 Å². The van der Waals surface area contributed by atoms with Gasteiger partial charge >= 0.3 is 11.9 Å². The van der Waals surface area contributed by atoms with Crippen LogP contribution in [0.15, 0.2) is 48.6 Å². The Bertz CT molecular complexity index is 1570. The fraction of sp³-hybridized carbons (Fsp3) is 0.241. The number of anilines is 1. The maximum Gasteiger partial charge on any atom is 0.350 e. The summed E-state index contributed by atoms with van der Waals surface area (Å²) >= 11 is 0.843. The van der Waals surface area contributed by atoms with E-state index in [-0.39, 0.29) is 56.3 Å². The van der Waals surface area contributed by atoms with Crippen molar-refractivity contribution in [2.75, 3.05) is 32.8 Å². The van der Waals surface area contributed by atoms with Crippen molar-refractivity contribution in [2.24, 2.45) is 0 Å². The second-order valence-electron chi connectivity index (χ2n) is 8.89. The predicted octanol–water partition coefficient (Wildman–Crippen LogP) is 4.89. The van der Waals surface area contributed by atoms with Crippen LogP contribution in [0, 0.1) is 19.7 Å². The SMILES string of the molecule is C=CCOC(=O)c1sc(N2C(=O)C(=O)C(=C(O)c3ccc(C)c(F)c3)[C@H]2c2cc(OC)c(OC)c(OC)c2)nc1C. The van der Waals surface area contributed by atoms with E-state index in [1.807, 2.05) is 0 Å². The number of nitrogens with zero attached hydrogens (tertiary/aromatic N) is 2. The summed E-state index contributed by atoms with van der Waals surface area (Å²) in [5.41, 5.74) is 0.558. The van der Waals surface area contributed by atoms with E-state index in [2.05, 4.69) is 11.6 Å². The molecule has 2 heterocycles. The molecule has 0 saturated carbocycles. The maximum atomic E-state index is 14.5. The molecule has 214 valence electrons. The molecule has 4 rings (SSSR count). The number of rotatable bonds is 9. The number of aromatic nitrogens is 1. The zero-order chi connectivity index (χ0) is 30.0. The molecule has 1 saturated heterocycles. The molecule has 3 aromatic rings. The van der Waals surface area contributed by atoms with Gasteiger partial charge in [-0.1, -0.05) is 36.1 Å². The standard InChI is InChI=1S/C29H27FN2O8S/c1-7-10-40-28(36)26-15(3)31-29(41-26)32-22(17-12-19(37-4)25(39-6)20(13-17)38-5)21(24(34)27(32)35)23(33)16-9-8-14(2)18(30)11-16/h7-9,11-13,22,33H,1,10H2,2-6H3/t22-/m1/s1. The number of ketones is 1. The van der Waals surface area contributed by atoms with Crippen molar-refractivity contribution in [3.05, 3.63) is 81.6 Å². The van der Waals surface area contributed by atoms with Crippen LogP contribution in [0.25, 0.3) is 5.76 Å². The number of carbonyl (C=O) groups is 3. The third kappa shape index (κ3) is 5.25. The number of aliphatic hydroxyl groups is 1. The van der Waals surface area contributed by atoms with Gasteiger partial charge in [0.2, 0.25) is 5.75 Å². The van der Waals surface area contributed by atoms with Crippen molar-refractivity contribution >= 4 is 39.9 Å². The van der Waals surface area contributed by atoms with E-state index in [9.17, 15) is 23.9 Å². The number of aliphatic hydroxyl groups excluding tert-OH is 1. The molecule has 1 amide bonds. The normalized spacial score (nSPS) is 16.0. The summed E-state index contributed by atoms with van der Waals surface area (Å²) in [6.07, 6.45) is 1.41. The van der Waals surface area contributed by atoms with Gasteiger partial charge in [-0.15, -0.1) is 0 Å². The number of methoxy groups -OCH3 is 3. The molecule has 1 atom stereocenters. The number of thiazole rings is 1. The van der Waals surface area contributed by atoms with Crippen LogP contribution in [-0.2, 0) is 14.3 Å². The smallest absolute Gasteiger partial charge is 0.350 e. The van der Waals surface area contributed by atoms with Gasteiger partial charge in [0.1, 0.15) is 23.1 Å². The molecule has 0 bridgehead atoms. The lowest BCUT2D eigenvalue weighted by molar-refractivity contribution is -0.132. The summed E-state index contributed by atoms with van der Waals surface area (Å²) in [5.74, 6) is -3.23.